The fourth-order valence-electron chi connectivity index (χ4n) is 0. The van der Waals surface area contributed by atoms with E-state index in [4.69, 9.17) is 22.9 Å². The second kappa shape index (κ2) is 9.17. The molecule has 0 atom stereocenters. The summed E-state index contributed by atoms with van der Waals surface area (Å²) in [7, 11) is -5.17. The quantitative estimate of drug-likeness (QED) is 0.429. The maximum absolute atomic E-state index is 10.2. The third-order valence-electron chi connectivity index (χ3n) is 0. The van der Waals surface area contributed by atoms with E-state index in [1.165, 1.54) is 0 Å². The Balaban J connectivity index is -0.0000000383. The Bertz CT molecular complexity index is 162. The largest absolute Gasteiger partial charge is 0.481 e. The predicted octanol–water partition coefficient (Wildman–Crippen LogP) is 0.155. The first-order chi connectivity index (χ1) is 3.73. The molecular formula is C2H7F3O5S. The number of carboxylic acid groups (broad SMARTS) is 1. The minimum absolute atomic E-state index is 0. The highest BCUT2D eigenvalue weighted by Gasteiger charge is 1.89. The molecule has 0 radical (unpaired) electrons. The average Bonchev–Trinajstić information content (AvgIpc) is 1.19. The summed E-state index contributed by atoms with van der Waals surface area (Å²) < 4.78 is 34.1. The minimum Gasteiger partial charge on any atom is -0.481 e. The van der Waals surface area contributed by atoms with Gasteiger partial charge >= 0.3 is 10.5 Å². The maximum Gasteiger partial charge on any atom is 0.435 e. The second-order valence-electron chi connectivity index (χ2n) is 0.931. The van der Waals surface area contributed by atoms with Crippen LogP contribution in [0.1, 0.15) is 6.92 Å². The molecular weight excluding hydrogens is 193 g/mol. The van der Waals surface area contributed by atoms with E-state index >= 15 is 0 Å². The molecule has 11 heavy (non-hydrogen) atoms. The Morgan fingerprint density at radius 1 is 1.36 bits per heavy atom. The van der Waals surface area contributed by atoms with Gasteiger partial charge in [0.05, 0.1) is 0 Å². The number of hydrogen-bond donors (Lipinski definition) is 2. The molecule has 0 aromatic heterocycles. The molecule has 9 heteroatoms. The lowest BCUT2D eigenvalue weighted by molar-refractivity contribution is -0.134. The third-order valence-corrected chi connectivity index (χ3v) is 0. The van der Waals surface area contributed by atoms with Crippen LogP contribution in [0.3, 0.4) is 0 Å². The van der Waals surface area contributed by atoms with Crippen molar-refractivity contribution in [2.45, 2.75) is 6.92 Å². The van der Waals surface area contributed by atoms with Crippen LogP contribution in [0.25, 0.3) is 0 Å². The van der Waals surface area contributed by atoms with Crippen molar-refractivity contribution in [3.8, 4) is 0 Å². The van der Waals surface area contributed by atoms with Crippen LogP contribution in [0.2, 0.25) is 0 Å². The van der Waals surface area contributed by atoms with E-state index in [1.807, 2.05) is 0 Å². The van der Waals surface area contributed by atoms with Crippen molar-refractivity contribution < 1.29 is 36.2 Å². The Labute approximate surface area is 60.6 Å². The van der Waals surface area contributed by atoms with Gasteiger partial charge in [0, 0.05) is 6.92 Å². The van der Waals surface area contributed by atoms with Gasteiger partial charge in [-0.3, -0.25) is 18.8 Å². The van der Waals surface area contributed by atoms with Crippen molar-refractivity contribution >= 4 is 16.5 Å². The zero-order valence-corrected chi connectivity index (χ0v) is 6.04. The van der Waals surface area contributed by atoms with Crippen LogP contribution < -0.4 is 0 Å². The van der Waals surface area contributed by atoms with E-state index in [0.717, 1.165) is 6.92 Å². The summed E-state index contributed by atoms with van der Waals surface area (Å²) in [4.78, 5) is 9.00. The van der Waals surface area contributed by atoms with E-state index in [9.17, 15) is 3.89 Å². The average molecular weight is 200 g/mol. The van der Waals surface area contributed by atoms with Gasteiger partial charge in [0.15, 0.2) is 0 Å². The molecule has 0 aliphatic rings. The molecule has 0 saturated heterocycles. The van der Waals surface area contributed by atoms with Crippen molar-refractivity contribution in [1.29, 1.82) is 0 Å². The monoisotopic (exact) mass is 200 g/mol. The van der Waals surface area contributed by atoms with E-state index in [-0.39, 0.29) is 9.41 Å². The lowest BCUT2D eigenvalue weighted by Gasteiger charge is -1.63. The van der Waals surface area contributed by atoms with E-state index in [2.05, 4.69) is 0 Å². The number of aliphatic carboxylic acids is 1. The highest BCUT2D eigenvalue weighted by atomic mass is 32.3. The first-order valence-corrected chi connectivity index (χ1v) is 2.94. The topological polar surface area (TPSA) is 91.7 Å². The van der Waals surface area contributed by atoms with Gasteiger partial charge in [-0.05, 0) is 0 Å². The van der Waals surface area contributed by atoms with Crippen molar-refractivity contribution in [2.24, 2.45) is 0 Å². The SMILES string of the molecule is CC(=O)O.F.F.O=S(=O)(O)F. The lowest BCUT2D eigenvalue weighted by Crippen LogP contribution is -1.80. The summed E-state index contributed by atoms with van der Waals surface area (Å²) in [6.07, 6.45) is 0. The van der Waals surface area contributed by atoms with Gasteiger partial charge in [-0.1, -0.05) is 3.89 Å². The first kappa shape index (κ1) is 22.5. The van der Waals surface area contributed by atoms with Crippen molar-refractivity contribution in [1.82, 2.24) is 0 Å². The highest BCUT2D eigenvalue weighted by molar-refractivity contribution is 7.80. The third kappa shape index (κ3) is 684. The Morgan fingerprint density at radius 2 is 1.36 bits per heavy atom. The van der Waals surface area contributed by atoms with Crippen LogP contribution in [0.4, 0.5) is 13.3 Å². The smallest absolute Gasteiger partial charge is 0.435 e. The van der Waals surface area contributed by atoms with Crippen molar-refractivity contribution in [3.05, 3.63) is 0 Å². The maximum atomic E-state index is 10.2. The molecule has 0 bridgehead atoms. The molecule has 0 aromatic rings. The molecule has 2 N–H and O–H groups in total. The van der Waals surface area contributed by atoms with Gasteiger partial charge in [0.2, 0.25) is 0 Å². The van der Waals surface area contributed by atoms with Gasteiger partial charge < -0.3 is 5.11 Å². The number of carbonyl (C=O) groups is 1. The highest BCUT2D eigenvalue weighted by Crippen LogP contribution is 1.74. The van der Waals surface area contributed by atoms with Gasteiger partial charge in [-0.15, -0.1) is 0 Å². The van der Waals surface area contributed by atoms with E-state index in [1.54, 1.807) is 0 Å². The standard InChI is InChI=1S/C2H4O2.FHO3S.2FH/c1-2(3)4;1-5(2,3)4;;/h1H3,(H,3,4);(H,2,3,4);2*1H. The molecule has 0 spiro atoms. The van der Waals surface area contributed by atoms with Crippen molar-refractivity contribution in [2.75, 3.05) is 0 Å². The molecule has 0 heterocycles. The second-order valence-corrected chi connectivity index (χ2v) is 1.76. The van der Waals surface area contributed by atoms with E-state index < -0.39 is 16.5 Å². The molecule has 0 aliphatic heterocycles. The Hall–Kier alpha value is -0.830. The molecule has 0 saturated carbocycles. The summed E-state index contributed by atoms with van der Waals surface area (Å²) in [6.45, 7) is 1.08. The molecule has 0 aliphatic carbocycles. The zero-order chi connectivity index (χ0) is 8.08. The number of rotatable bonds is 0. The van der Waals surface area contributed by atoms with Gasteiger partial charge in [0.1, 0.15) is 0 Å². The summed E-state index contributed by atoms with van der Waals surface area (Å²) in [5, 5.41) is 7.42. The van der Waals surface area contributed by atoms with Crippen molar-refractivity contribution in [3.63, 3.8) is 0 Å². The number of halogens is 3. The van der Waals surface area contributed by atoms with Crippen LogP contribution in [0.5, 0.6) is 0 Å². The van der Waals surface area contributed by atoms with Gasteiger partial charge in [-0.2, -0.15) is 8.42 Å². The molecule has 0 rings (SSSR count). The molecule has 0 unspecified atom stereocenters. The molecule has 72 valence electrons. The van der Waals surface area contributed by atoms with Crippen LogP contribution >= 0.6 is 0 Å². The molecule has 5 nitrogen and oxygen atoms in total. The summed E-state index contributed by atoms with van der Waals surface area (Å²) in [6, 6.07) is 0. The van der Waals surface area contributed by atoms with Crippen LogP contribution in [0, 0.1) is 0 Å². The van der Waals surface area contributed by atoms with E-state index in [0.29, 0.717) is 0 Å². The molecule has 0 aromatic carbocycles. The summed E-state index contributed by atoms with van der Waals surface area (Å²) in [5.41, 5.74) is 0. The number of carboxylic acids is 1. The predicted molar refractivity (Wildman–Crippen MR) is 31.0 cm³/mol. The number of hydrogen-bond acceptors (Lipinski definition) is 3. The van der Waals surface area contributed by atoms with Crippen LogP contribution in [-0.2, 0) is 15.3 Å². The lowest BCUT2D eigenvalue weighted by atomic mass is 10.9. The van der Waals surface area contributed by atoms with Crippen LogP contribution in [0.15, 0.2) is 0 Å². The minimum atomic E-state index is -5.17. The fraction of sp³-hybridized carbons (Fsp3) is 0.500. The molecule has 0 fully saturated rings. The first-order valence-electron chi connectivity index (χ1n) is 1.60. The molecule has 0 amide bonds. The Morgan fingerprint density at radius 3 is 1.36 bits per heavy atom. The Kier molecular flexibility index (Phi) is 18.7. The van der Waals surface area contributed by atoms with Gasteiger partial charge in [-0.25, -0.2) is 0 Å². The summed E-state index contributed by atoms with van der Waals surface area (Å²) in [5.74, 6) is -0.833. The van der Waals surface area contributed by atoms with Crippen LogP contribution in [-0.4, -0.2) is 24.0 Å². The zero-order valence-electron chi connectivity index (χ0n) is 5.22. The normalized spacial score (nSPS) is 7.55. The fourth-order valence-corrected chi connectivity index (χ4v) is 0. The van der Waals surface area contributed by atoms with Gasteiger partial charge in [0.25, 0.3) is 5.97 Å². The summed E-state index contributed by atoms with van der Waals surface area (Å²) >= 11 is 0.